The lowest BCUT2D eigenvalue weighted by Crippen LogP contribution is -2.39. The van der Waals surface area contributed by atoms with Crippen molar-refractivity contribution in [1.29, 1.82) is 0 Å². The van der Waals surface area contributed by atoms with Crippen molar-refractivity contribution < 1.29 is 9.53 Å². The van der Waals surface area contributed by atoms with Crippen LogP contribution in [0.1, 0.15) is 32.1 Å². The molecule has 0 aromatic heterocycles. The lowest BCUT2D eigenvalue weighted by molar-refractivity contribution is -0.136. The fraction of sp³-hybridized carbons (Fsp3) is 0.533. The Kier molecular flexibility index (Phi) is 4.24. The Morgan fingerprint density at radius 1 is 1.56 bits per heavy atom. The van der Waals surface area contributed by atoms with Crippen molar-refractivity contribution in [3.63, 3.8) is 0 Å². The Balaban J connectivity index is 2.31. The number of rotatable bonds is 3. The third-order valence-electron chi connectivity index (χ3n) is 3.75. The second-order valence-corrected chi connectivity index (χ2v) is 4.80. The first kappa shape index (κ1) is 12.9. The SMILES string of the molecule is C=CCC1CCC(C(=O)OC)=C2CCC=CCN21. The van der Waals surface area contributed by atoms with Crippen LogP contribution in [0, 0.1) is 0 Å². The zero-order chi connectivity index (χ0) is 13.0. The van der Waals surface area contributed by atoms with E-state index in [1.54, 1.807) is 0 Å². The molecule has 0 bridgehead atoms. The lowest BCUT2D eigenvalue weighted by Gasteiger charge is -2.38. The summed E-state index contributed by atoms with van der Waals surface area (Å²) >= 11 is 0. The molecule has 2 aliphatic heterocycles. The zero-order valence-electron chi connectivity index (χ0n) is 11.0. The van der Waals surface area contributed by atoms with Crippen LogP contribution in [0.3, 0.4) is 0 Å². The molecule has 2 aliphatic rings. The highest BCUT2D eigenvalue weighted by Crippen LogP contribution is 2.33. The van der Waals surface area contributed by atoms with E-state index in [0.717, 1.165) is 44.2 Å². The lowest BCUT2D eigenvalue weighted by atomic mass is 9.92. The summed E-state index contributed by atoms with van der Waals surface area (Å²) in [5, 5.41) is 0. The van der Waals surface area contributed by atoms with E-state index in [9.17, 15) is 4.79 Å². The summed E-state index contributed by atoms with van der Waals surface area (Å²) in [6.07, 6.45) is 11.1. The van der Waals surface area contributed by atoms with E-state index in [4.69, 9.17) is 4.74 Å². The van der Waals surface area contributed by atoms with E-state index in [0.29, 0.717) is 6.04 Å². The third-order valence-corrected chi connectivity index (χ3v) is 3.75. The van der Waals surface area contributed by atoms with Crippen LogP contribution in [0.25, 0.3) is 0 Å². The van der Waals surface area contributed by atoms with Crippen molar-refractivity contribution in [1.82, 2.24) is 4.90 Å². The highest BCUT2D eigenvalue weighted by atomic mass is 16.5. The van der Waals surface area contributed by atoms with Gasteiger partial charge < -0.3 is 9.64 Å². The van der Waals surface area contributed by atoms with Crippen molar-refractivity contribution in [2.45, 2.75) is 38.1 Å². The summed E-state index contributed by atoms with van der Waals surface area (Å²) in [6, 6.07) is 0.480. The molecule has 0 radical (unpaired) electrons. The van der Waals surface area contributed by atoms with Gasteiger partial charge in [0, 0.05) is 18.3 Å². The first-order valence-corrected chi connectivity index (χ1v) is 6.60. The molecule has 0 aromatic carbocycles. The van der Waals surface area contributed by atoms with Gasteiger partial charge in [-0.2, -0.15) is 0 Å². The van der Waals surface area contributed by atoms with Crippen molar-refractivity contribution in [2.75, 3.05) is 13.7 Å². The molecule has 3 heteroatoms. The van der Waals surface area contributed by atoms with Crippen LogP contribution >= 0.6 is 0 Å². The molecule has 98 valence electrons. The van der Waals surface area contributed by atoms with Gasteiger partial charge in [0.25, 0.3) is 0 Å². The largest absolute Gasteiger partial charge is 0.466 e. The Bertz CT molecular complexity index is 395. The van der Waals surface area contributed by atoms with Crippen LogP contribution in [0.5, 0.6) is 0 Å². The number of esters is 1. The molecule has 1 unspecified atom stereocenters. The summed E-state index contributed by atoms with van der Waals surface area (Å²) in [7, 11) is 1.46. The molecule has 3 nitrogen and oxygen atoms in total. The monoisotopic (exact) mass is 247 g/mol. The van der Waals surface area contributed by atoms with Crippen molar-refractivity contribution >= 4 is 5.97 Å². The number of carbonyl (C=O) groups excluding carboxylic acids is 1. The van der Waals surface area contributed by atoms with E-state index in [1.165, 1.54) is 12.8 Å². The first-order valence-electron chi connectivity index (χ1n) is 6.60. The van der Waals surface area contributed by atoms with Gasteiger partial charge in [-0.05, 0) is 32.1 Å². The number of ether oxygens (including phenoxy) is 1. The maximum atomic E-state index is 11.9. The van der Waals surface area contributed by atoms with Crippen molar-refractivity contribution in [2.24, 2.45) is 0 Å². The molecular weight excluding hydrogens is 226 g/mol. The van der Waals surface area contributed by atoms with E-state index in [-0.39, 0.29) is 5.97 Å². The van der Waals surface area contributed by atoms with Gasteiger partial charge >= 0.3 is 5.97 Å². The van der Waals surface area contributed by atoms with E-state index in [1.807, 2.05) is 6.08 Å². The van der Waals surface area contributed by atoms with Crippen LogP contribution in [0.15, 0.2) is 36.1 Å². The molecular formula is C15H21NO2. The van der Waals surface area contributed by atoms with E-state index in [2.05, 4.69) is 23.6 Å². The summed E-state index contributed by atoms with van der Waals surface area (Å²) < 4.78 is 4.91. The maximum Gasteiger partial charge on any atom is 0.335 e. The smallest absolute Gasteiger partial charge is 0.335 e. The number of fused-ring (bicyclic) bond motifs is 1. The molecule has 18 heavy (non-hydrogen) atoms. The van der Waals surface area contributed by atoms with Crippen LogP contribution in [-0.4, -0.2) is 30.6 Å². The fourth-order valence-corrected chi connectivity index (χ4v) is 2.87. The first-order chi connectivity index (χ1) is 8.77. The zero-order valence-corrected chi connectivity index (χ0v) is 11.0. The summed E-state index contributed by atoms with van der Waals surface area (Å²) in [6.45, 7) is 4.73. The molecule has 2 rings (SSSR count). The van der Waals surface area contributed by atoms with Gasteiger partial charge in [-0.3, -0.25) is 0 Å². The quantitative estimate of drug-likeness (QED) is 0.567. The number of hydrogen-bond acceptors (Lipinski definition) is 3. The Morgan fingerprint density at radius 3 is 3.11 bits per heavy atom. The highest BCUT2D eigenvalue weighted by Gasteiger charge is 2.30. The fourth-order valence-electron chi connectivity index (χ4n) is 2.87. The van der Waals surface area contributed by atoms with Gasteiger partial charge in [-0.15, -0.1) is 6.58 Å². The molecule has 0 amide bonds. The van der Waals surface area contributed by atoms with Crippen LogP contribution in [0.4, 0.5) is 0 Å². The summed E-state index contributed by atoms with van der Waals surface area (Å²) in [4.78, 5) is 14.2. The average Bonchev–Trinajstić information content (AvgIpc) is 2.64. The molecule has 0 aromatic rings. The topological polar surface area (TPSA) is 29.5 Å². The van der Waals surface area contributed by atoms with Gasteiger partial charge in [0.15, 0.2) is 0 Å². The molecule has 0 N–H and O–H groups in total. The predicted octanol–water partition coefficient (Wildman–Crippen LogP) is 2.80. The van der Waals surface area contributed by atoms with E-state index >= 15 is 0 Å². The van der Waals surface area contributed by atoms with Gasteiger partial charge in [0.1, 0.15) is 0 Å². The van der Waals surface area contributed by atoms with Crippen LogP contribution in [-0.2, 0) is 9.53 Å². The summed E-state index contributed by atoms with van der Waals surface area (Å²) in [5.74, 6) is -0.158. The molecule has 1 atom stereocenters. The standard InChI is InChI=1S/C15H21NO2/c1-3-7-12-9-10-13(15(17)18-2)14-8-5-4-6-11-16(12)14/h3-4,6,12H,1,5,7-11H2,2H3. The van der Waals surface area contributed by atoms with Crippen molar-refractivity contribution in [3.8, 4) is 0 Å². The Hall–Kier alpha value is -1.51. The third kappa shape index (κ3) is 2.50. The molecule has 0 saturated heterocycles. The molecule has 0 saturated carbocycles. The van der Waals surface area contributed by atoms with E-state index < -0.39 is 0 Å². The number of hydrogen-bond donors (Lipinski definition) is 0. The minimum absolute atomic E-state index is 0.158. The highest BCUT2D eigenvalue weighted by molar-refractivity contribution is 5.89. The van der Waals surface area contributed by atoms with Crippen molar-refractivity contribution in [3.05, 3.63) is 36.1 Å². The second kappa shape index (κ2) is 5.89. The van der Waals surface area contributed by atoms with Crippen LogP contribution < -0.4 is 0 Å². The minimum Gasteiger partial charge on any atom is -0.466 e. The number of nitrogens with zero attached hydrogens (tertiary/aromatic N) is 1. The molecule has 0 spiro atoms. The Labute approximate surface area is 109 Å². The van der Waals surface area contributed by atoms with Gasteiger partial charge in [-0.1, -0.05) is 18.2 Å². The molecule has 0 aliphatic carbocycles. The van der Waals surface area contributed by atoms with Crippen LogP contribution in [0.2, 0.25) is 0 Å². The minimum atomic E-state index is -0.158. The van der Waals surface area contributed by atoms with Gasteiger partial charge in [0.05, 0.1) is 12.7 Å². The molecule has 0 fully saturated rings. The average molecular weight is 247 g/mol. The summed E-state index contributed by atoms with van der Waals surface area (Å²) in [5.41, 5.74) is 2.06. The maximum absolute atomic E-state index is 11.9. The second-order valence-electron chi connectivity index (χ2n) is 4.80. The van der Waals surface area contributed by atoms with Gasteiger partial charge in [0.2, 0.25) is 0 Å². The molecule has 2 heterocycles. The van der Waals surface area contributed by atoms with Gasteiger partial charge in [-0.25, -0.2) is 4.79 Å². The predicted molar refractivity (Wildman–Crippen MR) is 72.0 cm³/mol. The number of carbonyl (C=O) groups is 1. The Morgan fingerprint density at radius 2 is 2.39 bits per heavy atom. The number of allylic oxidation sites excluding steroid dienone is 2. The normalized spacial score (nSPS) is 23.4. The number of methoxy groups -OCH3 is 1.